The molecule has 1 saturated heterocycles. The number of aliphatic hydroxyl groups is 1. The van der Waals surface area contributed by atoms with Crippen LogP contribution in [0.1, 0.15) is 22.8 Å². The van der Waals surface area contributed by atoms with Gasteiger partial charge in [0.25, 0.3) is 0 Å². The lowest BCUT2D eigenvalue weighted by atomic mass is 9.99. The van der Waals surface area contributed by atoms with E-state index in [0.717, 1.165) is 11.1 Å². The summed E-state index contributed by atoms with van der Waals surface area (Å²) in [6, 6.07) is 23.5. The molecule has 176 valence electrons. The zero-order chi connectivity index (χ0) is 23.9. The Morgan fingerprint density at radius 1 is 1.09 bits per heavy atom. The molecule has 1 heterocycles. The van der Waals surface area contributed by atoms with Crippen LogP contribution in [0.3, 0.4) is 0 Å². The summed E-state index contributed by atoms with van der Waals surface area (Å²) in [7, 11) is 1.59. The van der Waals surface area contributed by atoms with E-state index < -0.39 is 12.1 Å². The third-order valence-corrected chi connectivity index (χ3v) is 5.88. The van der Waals surface area contributed by atoms with E-state index in [-0.39, 0.29) is 31.4 Å². The normalized spacial score (nSPS) is 16.7. The minimum Gasteiger partial charge on any atom is -0.496 e. The number of morpholine rings is 1. The lowest BCUT2D eigenvalue weighted by Gasteiger charge is -2.38. The molecule has 0 aromatic heterocycles. The number of aliphatic hydroxyl groups excluding tert-OH is 1. The fourth-order valence-corrected chi connectivity index (χ4v) is 4.08. The van der Waals surface area contributed by atoms with Gasteiger partial charge < -0.3 is 24.8 Å². The van der Waals surface area contributed by atoms with Crippen LogP contribution in [0.2, 0.25) is 0 Å². The number of amides is 2. The number of carbonyl (C=O) groups is 2. The third kappa shape index (κ3) is 5.62. The molecule has 0 bridgehead atoms. The number of benzene rings is 3. The molecular formula is C27H28N2O5. The van der Waals surface area contributed by atoms with Crippen LogP contribution in [0.4, 0.5) is 5.69 Å². The molecule has 3 aromatic carbocycles. The van der Waals surface area contributed by atoms with Crippen LogP contribution in [0.25, 0.3) is 0 Å². The topological polar surface area (TPSA) is 88.1 Å². The minimum absolute atomic E-state index is 0.0231. The maximum atomic E-state index is 12.7. The molecule has 0 unspecified atom stereocenters. The molecule has 2 atom stereocenters. The molecule has 4 rings (SSSR count). The summed E-state index contributed by atoms with van der Waals surface area (Å²) in [4.78, 5) is 26.6. The second-order valence-corrected chi connectivity index (χ2v) is 8.19. The van der Waals surface area contributed by atoms with Crippen molar-refractivity contribution in [1.82, 2.24) is 4.90 Å². The second kappa shape index (κ2) is 11.0. The number of nitrogens with zero attached hydrogens (tertiary/aromatic N) is 1. The van der Waals surface area contributed by atoms with Crippen molar-refractivity contribution in [3.05, 3.63) is 95.6 Å². The second-order valence-electron chi connectivity index (χ2n) is 8.19. The highest BCUT2D eigenvalue weighted by Crippen LogP contribution is 2.28. The average molecular weight is 461 g/mol. The lowest BCUT2D eigenvalue weighted by molar-refractivity contribution is -0.155. The van der Waals surface area contributed by atoms with Gasteiger partial charge in [-0.1, -0.05) is 60.7 Å². The molecule has 7 nitrogen and oxygen atoms in total. The number of anilines is 1. The van der Waals surface area contributed by atoms with Crippen molar-refractivity contribution in [1.29, 1.82) is 0 Å². The van der Waals surface area contributed by atoms with Gasteiger partial charge in [-0.2, -0.15) is 0 Å². The molecular weight excluding hydrogens is 432 g/mol. The van der Waals surface area contributed by atoms with Gasteiger partial charge in [0.15, 0.2) is 0 Å². The predicted octanol–water partition coefficient (Wildman–Crippen LogP) is 3.34. The Morgan fingerprint density at radius 3 is 2.53 bits per heavy atom. The van der Waals surface area contributed by atoms with Gasteiger partial charge in [-0.3, -0.25) is 9.59 Å². The Morgan fingerprint density at radius 2 is 1.79 bits per heavy atom. The Kier molecular flexibility index (Phi) is 7.57. The van der Waals surface area contributed by atoms with Gasteiger partial charge in [0, 0.05) is 17.8 Å². The van der Waals surface area contributed by atoms with E-state index in [1.54, 1.807) is 36.3 Å². The smallest absolute Gasteiger partial charge is 0.249 e. The first-order valence-corrected chi connectivity index (χ1v) is 11.2. The SMILES string of the molecule is COc1ccccc1CN1C(=O)COC[C@@H]1[C@H](O)c1ccc(NC(=O)Cc2ccccc2)cc1. The molecule has 34 heavy (non-hydrogen) atoms. The highest BCUT2D eigenvalue weighted by atomic mass is 16.5. The van der Waals surface area contributed by atoms with Gasteiger partial charge in [-0.15, -0.1) is 0 Å². The van der Waals surface area contributed by atoms with E-state index in [9.17, 15) is 14.7 Å². The maximum Gasteiger partial charge on any atom is 0.249 e. The predicted molar refractivity (Wildman–Crippen MR) is 128 cm³/mol. The van der Waals surface area contributed by atoms with Gasteiger partial charge in [0.05, 0.1) is 26.2 Å². The van der Waals surface area contributed by atoms with Crippen LogP contribution in [-0.2, 0) is 27.3 Å². The largest absolute Gasteiger partial charge is 0.496 e. The van der Waals surface area contributed by atoms with Crippen LogP contribution < -0.4 is 10.1 Å². The van der Waals surface area contributed by atoms with Crippen molar-refractivity contribution >= 4 is 17.5 Å². The van der Waals surface area contributed by atoms with E-state index in [4.69, 9.17) is 9.47 Å². The number of ether oxygens (including phenoxy) is 2. The Bertz CT molecular complexity index is 1120. The molecule has 2 N–H and O–H groups in total. The van der Waals surface area contributed by atoms with Crippen LogP contribution >= 0.6 is 0 Å². The van der Waals surface area contributed by atoms with Crippen molar-refractivity contribution in [3.63, 3.8) is 0 Å². The first-order chi connectivity index (χ1) is 16.5. The molecule has 1 aliphatic heterocycles. The summed E-state index contributed by atoms with van der Waals surface area (Å²) >= 11 is 0. The maximum absolute atomic E-state index is 12.7. The van der Waals surface area contributed by atoms with Gasteiger partial charge in [0.2, 0.25) is 11.8 Å². The van der Waals surface area contributed by atoms with Gasteiger partial charge in [-0.05, 0) is 29.3 Å². The Balaban J connectivity index is 1.44. The number of nitrogens with one attached hydrogen (secondary N) is 1. The van der Waals surface area contributed by atoms with E-state index in [1.165, 1.54) is 0 Å². The molecule has 0 radical (unpaired) electrons. The highest BCUT2D eigenvalue weighted by molar-refractivity contribution is 5.92. The lowest BCUT2D eigenvalue weighted by Crippen LogP contribution is -2.51. The molecule has 0 spiro atoms. The molecule has 1 aliphatic rings. The Labute approximate surface area is 198 Å². The fraction of sp³-hybridized carbons (Fsp3) is 0.259. The monoisotopic (exact) mass is 460 g/mol. The number of hydrogen-bond acceptors (Lipinski definition) is 5. The number of hydrogen-bond donors (Lipinski definition) is 2. The summed E-state index contributed by atoms with van der Waals surface area (Å²) in [5.74, 6) is 0.380. The van der Waals surface area contributed by atoms with E-state index in [0.29, 0.717) is 23.5 Å². The molecule has 3 aromatic rings. The molecule has 1 fully saturated rings. The van der Waals surface area contributed by atoms with Gasteiger partial charge >= 0.3 is 0 Å². The summed E-state index contributed by atoms with van der Waals surface area (Å²) in [6.45, 7) is 0.504. The van der Waals surface area contributed by atoms with E-state index >= 15 is 0 Å². The first-order valence-electron chi connectivity index (χ1n) is 11.2. The van der Waals surface area contributed by atoms with Crippen LogP contribution in [0.5, 0.6) is 5.75 Å². The molecule has 0 aliphatic carbocycles. The van der Waals surface area contributed by atoms with Crippen LogP contribution in [-0.4, -0.2) is 48.2 Å². The fourth-order valence-electron chi connectivity index (χ4n) is 4.08. The number of carbonyl (C=O) groups excluding carboxylic acids is 2. The standard InChI is InChI=1S/C27H28N2O5/c1-33-24-10-6-5-9-21(24)16-29-23(17-34-18-26(29)31)27(32)20-11-13-22(14-12-20)28-25(30)15-19-7-3-2-4-8-19/h2-14,23,27,32H,15-18H2,1H3,(H,28,30)/t23-,27-/m1/s1. The first kappa shape index (κ1) is 23.5. The Hall–Kier alpha value is -3.68. The average Bonchev–Trinajstić information content (AvgIpc) is 2.86. The minimum atomic E-state index is -0.951. The van der Waals surface area contributed by atoms with Gasteiger partial charge in [-0.25, -0.2) is 0 Å². The summed E-state index contributed by atoms with van der Waals surface area (Å²) < 4.78 is 10.9. The summed E-state index contributed by atoms with van der Waals surface area (Å²) in [6.07, 6.45) is -0.669. The zero-order valence-electron chi connectivity index (χ0n) is 19.0. The highest BCUT2D eigenvalue weighted by Gasteiger charge is 2.35. The van der Waals surface area contributed by atoms with Crippen molar-refractivity contribution in [2.45, 2.75) is 25.1 Å². The number of methoxy groups -OCH3 is 1. The number of rotatable bonds is 8. The van der Waals surface area contributed by atoms with Crippen LogP contribution in [0.15, 0.2) is 78.9 Å². The quantitative estimate of drug-likeness (QED) is 0.538. The third-order valence-electron chi connectivity index (χ3n) is 5.88. The van der Waals surface area contributed by atoms with Crippen LogP contribution in [0, 0.1) is 0 Å². The van der Waals surface area contributed by atoms with E-state index in [1.807, 2.05) is 54.6 Å². The van der Waals surface area contributed by atoms with Crippen molar-refractivity contribution in [2.75, 3.05) is 25.6 Å². The van der Waals surface area contributed by atoms with Crippen molar-refractivity contribution < 1.29 is 24.2 Å². The summed E-state index contributed by atoms with van der Waals surface area (Å²) in [5.41, 5.74) is 3.06. The zero-order valence-corrected chi connectivity index (χ0v) is 19.0. The van der Waals surface area contributed by atoms with Crippen molar-refractivity contribution in [2.24, 2.45) is 0 Å². The molecule has 0 saturated carbocycles. The van der Waals surface area contributed by atoms with Gasteiger partial charge in [0.1, 0.15) is 18.5 Å². The van der Waals surface area contributed by atoms with E-state index in [2.05, 4.69) is 5.32 Å². The number of para-hydroxylation sites is 1. The molecule has 7 heteroatoms. The molecule has 2 amide bonds. The summed E-state index contributed by atoms with van der Waals surface area (Å²) in [5, 5.41) is 14.0. The van der Waals surface area contributed by atoms with Crippen molar-refractivity contribution in [3.8, 4) is 5.75 Å².